The summed E-state index contributed by atoms with van der Waals surface area (Å²) in [7, 11) is 4.86. The van der Waals surface area contributed by atoms with E-state index in [2.05, 4.69) is 20.5 Å². The molecule has 5 aromatic rings. The molecule has 0 spiro atoms. The van der Waals surface area contributed by atoms with Crippen LogP contribution in [0.3, 0.4) is 0 Å². The predicted octanol–water partition coefficient (Wildman–Crippen LogP) is 2.90. The SMILES string of the molecule is COC(=O)CNC(=O)CNC(=O)Cn1nc(N(C)c2ccccc2)c2c(-c3cc4c(cnn4C)cc3F)cccc21. The molecule has 0 atom stereocenters. The maximum absolute atomic E-state index is 15.5. The van der Waals surface area contributed by atoms with Gasteiger partial charge in [0.05, 0.1) is 36.3 Å². The van der Waals surface area contributed by atoms with Crippen molar-refractivity contribution in [1.82, 2.24) is 30.2 Å². The molecule has 0 unspecified atom stereocenters. The number of nitrogens with zero attached hydrogens (tertiary/aromatic N) is 5. The number of nitrogens with one attached hydrogen (secondary N) is 2. The van der Waals surface area contributed by atoms with Gasteiger partial charge in [0, 0.05) is 30.7 Å². The Kier molecular flexibility index (Phi) is 7.64. The molecule has 0 bridgehead atoms. The number of para-hydroxylation sites is 1. The van der Waals surface area contributed by atoms with E-state index in [1.165, 1.54) is 17.9 Å². The van der Waals surface area contributed by atoms with Gasteiger partial charge >= 0.3 is 5.97 Å². The first-order valence-corrected chi connectivity index (χ1v) is 12.8. The third-order valence-corrected chi connectivity index (χ3v) is 6.74. The molecule has 2 aromatic heterocycles. The minimum absolute atomic E-state index is 0.198. The molecule has 2 N–H and O–H groups in total. The Morgan fingerprint density at radius 1 is 0.951 bits per heavy atom. The van der Waals surface area contributed by atoms with E-state index >= 15 is 4.39 Å². The van der Waals surface area contributed by atoms with Crippen molar-refractivity contribution in [3.05, 3.63) is 72.7 Å². The third-order valence-electron chi connectivity index (χ3n) is 6.74. The van der Waals surface area contributed by atoms with Crippen LogP contribution in [-0.4, -0.2) is 64.6 Å². The lowest BCUT2D eigenvalue weighted by Crippen LogP contribution is -2.40. The van der Waals surface area contributed by atoms with Crippen molar-refractivity contribution in [3.63, 3.8) is 0 Å². The van der Waals surface area contributed by atoms with Gasteiger partial charge in [-0.15, -0.1) is 0 Å². The molecule has 3 aromatic carbocycles. The van der Waals surface area contributed by atoms with Crippen LogP contribution in [0.1, 0.15) is 0 Å². The Morgan fingerprint density at radius 2 is 1.71 bits per heavy atom. The smallest absolute Gasteiger partial charge is 0.325 e. The van der Waals surface area contributed by atoms with Gasteiger partial charge in [-0.05, 0) is 35.9 Å². The molecule has 0 aliphatic heterocycles. The van der Waals surface area contributed by atoms with Crippen molar-refractivity contribution in [3.8, 4) is 11.1 Å². The number of carbonyl (C=O) groups excluding carboxylic acids is 3. The number of anilines is 2. The molecular formula is C29H28FN7O4. The highest BCUT2D eigenvalue weighted by Gasteiger charge is 2.22. The summed E-state index contributed by atoms with van der Waals surface area (Å²) >= 11 is 0. The van der Waals surface area contributed by atoms with E-state index in [0.29, 0.717) is 33.2 Å². The van der Waals surface area contributed by atoms with Crippen molar-refractivity contribution < 1.29 is 23.5 Å². The maximum Gasteiger partial charge on any atom is 0.325 e. The molecule has 0 saturated carbocycles. The number of carbonyl (C=O) groups is 3. The number of benzene rings is 3. The van der Waals surface area contributed by atoms with Crippen LogP contribution >= 0.6 is 0 Å². The van der Waals surface area contributed by atoms with Crippen LogP contribution in [0.25, 0.3) is 32.9 Å². The number of hydrogen-bond acceptors (Lipinski definition) is 7. The Hall–Kier alpha value is -5.26. The van der Waals surface area contributed by atoms with Gasteiger partial charge in [0.1, 0.15) is 18.9 Å². The molecule has 0 radical (unpaired) electrons. The van der Waals surface area contributed by atoms with Gasteiger partial charge in [-0.1, -0.05) is 30.3 Å². The van der Waals surface area contributed by atoms with E-state index in [4.69, 9.17) is 5.10 Å². The van der Waals surface area contributed by atoms with Crippen molar-refractivity contribution in [1.29, 1.82) is 0 Å². The normalized spacial score (nSPS) is 11.0. The summed E-state index contributed by atoms with van der Waals surface area (Å²) in [4.78, 5) is 38.0. The number of aromatic nitrogens is 4. The quantitative estimate of drug-likeness (QED) is 0.267. The first-order chi connectivity index (χ1) is 19.8. The van der Waals surface area contributed by atoms with E-state index in [1.807, 2.05) is 54.4 Å². The molecule has 12 heteroatoms. The predicted molar refractivity (Wildman–Crippen MR) is 152 cm³/mol. The first kappa shape index (κ1) is 27.3. The van der Waals surface area contributed by atoms with Crippen molar-refractivity contribution in [2.24, 2.45) is 7.05 Å². The summed E-state index contributed by atoms with van der Waals surface area (Å²) in [6.45, 7) is -0.822. The summed E-state index contributed by atoms with van der Waals surface area (Å²) in [6, 6.07) is 18.2. The second-order valence-electron chi connectivity index (χ2n) is 9.36. The average molecular weight is 558 g/mol. The lowest BCUT2D eigenvalue weighted by molar-refractivity contribution is -0.141. The van der Waals surface area contributed by atoms with E-state index in [-0.39, 0.29) is 19.6 Å². The Morgan fingerprint density at radius 3 is 2.46 bits per heavy atom. The standard InChI is InChI=1S/C29H28FN7O4/c1-35(19-8-5-4-6-9-19)29-28-20(21-13-24-18(12-22(21)30)14-33-36(24)2)10-7-11-23(28)37(34-29)17-26(39)31-15-25(38)32-16-27(40)41-3/h4-14H,15-17H2,1-3H3,(H,31,39)(H,32,38). The Bertz CT molecular complexity index is 1760. The molecule has 2 amide bonds. The summed E-state index contributed by atoms with van der Waals surface area (Å²) in [6.07, 6.45) is 1.61. The fraction of sp³-hybridized carbons (Fsp3) is 0.207. The number of fused-ring (bicyclic) bond motifs is 2. The van der Waals surface area contributed by atoms with Gasteiger partial charge in [0.15, 0.2) is 5.82 Å². The molecule has 0 aliphatic carbocycles. The Labute approximate surface area is 234 Å². The second-order valence-corrected chi connectivity index (χ2v) is 9.36. The second kappa shape index (κ2) is 11.5. The largest absolute Gasteiger partial charge is 0.468 e. The summed E-state index contributed by atoms with van der Waals surface area (Å²) in [5.41, 5.74) is 3.21. The number of hydrogen-bond donors (Lipinski definition) is 2. The van der Waals surface area contributed by atoms with Crippen molar-refractivity contribution in [2.75, 3.05) is 32.1 Å². The topological polar surface area (TPSA) is 123 Å². The molecule has 5 rings (SSSR count). The first-order valence-electron chi connectivity index (χ1n) is 12.8. The minimum atomic E-state index is -0.600. The summed E-state index contributed by atoms with van der Waals surface area (Å²) < 4.78 is 23.2. The summed E-state index contributed by atoms with van der Waals surface area (Å²) in [5.74, 6) is -1.49. The van der Waals surface area contributed by atoms with E-state index < -0.39 is 23.6 Å². The van der Waals surface area contributed by atoms with E-state index in [1.54, 1.807) is 30.1 Å². The third kappa shape index (κ3) is 5.57. The molecule has 2 heterocycles. The number of aryl methyl sites for hydroxylation is 1. The fourth-order valence-electron chi connectivity index (χ4n) is 4.62. The van der Waals surface area contributed by atoms with Crippen LogP contribution in [0.4, 0.5) is 15.9 Å². The zero-order chi connectivity index (χ0) is 29.1. The molecule has 0 aliphatic rings. The zero-order valence-corrected chi connectivity index (χ0v) is 22.7. The highest BCUT2D eigenvalue weighted by Crippen LogP contribution is 2.39. The van der Waals surface area contributed by atoms with Gasteiger partial charge in [-0.2, -0.15) is 10.2 Å². The average Bonchev–Trinajstić information content (AvgIpc) is 3.54. The number of esters is 1. The fourth-order valence-corrected chi connectivity index (χ4v) is 4.62. The van der Waals surface area contributed by atoms with Gasteiger partial charge in [-0.3, -0.25) is 23.7 Å². The van der Waals surface area contributed by atoms with Crippen LogP contribution in [0.5, 0.6) is 0 Å². The van der Waals surface area contributed by atoms with Crippen LogP contribution in [0.2, 0.25) is 0 Å². The van der Waals surface area contributed by atoms with Crippen LogP contribution in [-0.2, 0) is 32.7 Å². The molecule has 0 saturated heterocycles. The lowest BCUT2D eigenvalue weighted by atomic mass is 9.99. The van der Waals surface area contributed by atoms with Gasteiger partial charge in [-0.25, -0.2) is 4.39 Å². The van der Waals surface area contributed by atoms with Crippen LogP contribution in [0, 0.1) is 5.82 Å². The monoisotopic (exact) mass is 557 g/mol. The Balaban J connectivity index is 1.53. The van der Waals surface area contributed by atoms with Crippen molar-refractivity contribution in [2.45, 2.75) is 6.54 Å². The molecule has 41 heavy (non-hydrogen) atoms. The number of methoxy groups -OCH3 is 1. The minimum Gasteiger partial charge on any atom is -0.468 e. The molecule has 0 fully saturated rings. The lowest BCUT2D eigenvalue weighted by Gasteiger charge is -2.18. The highest BCUT2D eigenvalue weighted by molar-refractivity contribution is 6.05. The summed E-state index contributed by atoms with van der Waals surface area (Å²) in [5, 5.41) is 15.3. The molecule has 210 valence electrons. The van der Waals surface area contributed by atoms with Gasteiger partial charge < -0.3 is 20.3 Å². The maximum atomic E-state index is 15.5. The van der Waals surface area contributed by atoms with Crippen LogP contribution in [0.15, 0.2) is 66.9 Å². The van der Waals surface area contributed by atoms with E-state index in [0.717, 1.165) is 11.2 Å². The highest BCUT2D eigenvalue weighted by atomic mass is 19.1. The number of halogens is 1. The number of rotatable bonds is 9. The van der Waals surface area contributed by atoms with Crippen molar-refractivity contribution >= 4 is 51.1 Å². The van der Waals surface area contributed by atoms with Crippen LogP contribution < -0.4 is 15.5 Å². The zero-order valence-electron chi connectivity index (χ0n) is 22.7. The molecular weight excluding hydrogens is 529 g/mol. The van der Waals surface area contributed by atoms with E-state index in [9.17, 15) is 14.4 Å². The molecule has 11 nitrogen and oxygen atoms in total. The number of ether oxygens (including phenoxy) is 1. The van der Waals surface area contributed by atoms with Gasteiger partial charge in [0.2, 0.25) is 11.8 Å². The van der Waals surface area contributed by atoms with Gasteiger partial charge in [0.25, 0.3) is 0 Å². The number of amides is 2.